The third-order valence-corrected chi connectivity index (χ3v) is 6.78. The Balaban J connectivity index is 0.000000840. The largest absolute Gasteiger partial charge is 0.396 e. The van der Waals surface area contributed by atoms with E-state index in [0.29, 0.717) is 34.8 Å². The first-order valence-corrected chi connectivity index (χ1v) is 14.0. The number of hydrogen-bond donors (Lipinski definition) is 2. The van der Waals surface area contributed by atoms with Gasteiger partial charge in [-0.05, 0) is 61.6 Å². The molecule has 0 aliphatic rings. The van der Waals surface area contributed by atoms with E-state index in [2.05, 4.69) is 30.8 Å². The van der Waals surface area contributed by atoms with Crippen LogP contribution in [0.5, 0.6) is 0 Å². The zero-order valence-electron chi connectivity index (χ0n) is 24.4. The number of unbranched alkanes of at least 4 members (excludes halogenated alkanes) is 3. The van der Waals surface area contributed by atoms with Gasteiger partial charge in [-0.3, -0.25) is 4.79 Å². The SMILES string of the molecule is C=C(/C(=C(\C)NCC(CC)CO)c1ccc(=O)n(-c2ccccc2C)n1)c1ccc(F)cc1F.CCCCCC. The quantitative estimate of drug-likeness (QED) is 0.181. The molecule has 2 aromatic carbocycles. The zero-order valence-corrected chi connectivity index (χ0v) is 24.4. The Kier molecular flexibility index (Phi) is 13.5. The fourth-order valence-electron chi connectivity index (χ4n) is 4.18. The summed E-state index contributed by atoms with van der Waals surface area (Å²) in [5.41, 5.74) is 3.13. The van der Waals surface area contributed by atoms with E-state index in [4.69, 9.17) is 0 Å². The molecule has 7 heteroatoms. The highest BCUT2D eigenvalue weighted by atomic mass is 19.1. The molecule has 0 saturated carbocycles. The molecule has 1 aromatic heterocycles. The molecule has 0 saturated heterocycles. The van der Waals surface area contributed by atoms with Crippen LogP contribution in [0.1, 0.15) is 76.6 Å². The molecular formula is C33H43F2N3O2. The summed E-state index contributed by atoms with van der Waals surface area (Å²) in [7, 11) is 0. The first-order valence-electron chi connectivity index (χ1n) is 14.0. The van der Waals surface area contributed by atoms with Crippen LogP contribution < -0.4 is 10.9 Å². The van der Waals surface area contributed by atoms with Crippen molar-refractivity contribution in [2.75, 3.05) is 13.2 Å². The molecule has 1 unspecified atom stereocenters. The lowest BCUT2D eigenvalue weighted by Gasteiger charge is -2.20. The smallest absolute Gasteiger partial charge is 0.271 e. The molecule has 0 spiro atoms. The minimum Gasteiger partial charge on any atom is -0.396 e. The minimum atomic E-state index is -0.746. The Morgan fingerprint density at radius 3 is 2.30 bits per heavy atom. The van der Waals surface area contributed by atoms with E-state index in [-0.39, 0.29) is 23.6 Å². The van der Waals surface area contributed by atoms with Crippen molar-refractivity contribution in [1.82, 2.24) is 15.1 Å². The predicted octanol–water partition coefficient (Wildman–Crippen LogP) is 7.46. The third-order valence-electron chi connectivity index (χ3n) is 6.78. The lowest BCUT2D eigenvalue weighted by Crippen LogP contribution is -2.25. The fraction of sp³-hybridized carbons (Fsp3) is 0.394. The number of allylic oxidation sites excluding steroid dienone is 3. The number of nitrogens with zero attached hydrogens (tertiary/aromatic N) is 2. The summed E-state index contributed by atoms with van der Waals surface area (Å²) < 4.78 is 29.5. The van der Waals surface area contributed by atoms with E-state index >= 15 is 0 Å². The van der Waals surface area contributed by atoms with Crippen LogP contribution in [0.4, 0.5) is 8.78 Å². The number of aryl methyl sites for hydroxylation is 1. The number of halogens is 2. The van der Waals surface area contributed by atoms with Crippen molar-refractivity contribution < 1.29 is 13.9 Å². The number of para-hydroxylation sites is 1. The third kappa shape index (κ3) is 8.98. The van der Waals surface area contributed by atoms with Gasteiger partial charge in [0.05, 0.1) is 11.4 Å². The average molecular weight is 552 g/mol. The van der Waals surface area contributed by atoms with Crippen molar-refractivity contribution in [2.24, 2.45) is 5.92 Å². The van der Waals surface area contributed by atoms with Crippen molar-refractivity contribution in [3.63, 3.8) is 0 Å². The molecule has 1 atom stereocenters. The summed E-state index contributed by atoms with van der Waals surface area (Å²) in [5.74, 6) is -1.40. The first-order chi connectivity index (χ1) is 19.2. The summed E-state index contributed by atoms with van der Waals surface area (Å²) >= 11 is 0. The van der Waals surface area contributed by atoms with Gasteiger partial charge in [-0.2, -0.15) is 9.78 Å². The second-order valence-corrected chi connectivity index (χ2v) is 9.90. The van der Waals surface area contributed by atoms with Gasteiger partial charge in [0.1, 0.15) is 11.6 Å². The topological polar surface area (TPSA) is 67.2 Å². The monoisotopic (exact) mass is 551 g/mol. The molecule has 0 bridgehead atoms. The highest BCUT2D eigenvalue weighted by molar-refractivity contribution is 6.04. The Morgan fingerprint density at radius 1 is 1.05 bits per heavy atom. The van der Waals surface area contributed by atoms with Gasteiger partial charge in [0.2, 0.25) is 0 Å². The maximum atomic E-state index is 14.7. The predicted molar refractivity (Wildman–Crippen MR) is 161 cm³/mol. The van der Waals surface area contributed by atoms with Gasteiger partial charge in [-0.25, -0.2) is 8.78 Å². The van der Waals surface area contributed by atoms with Gasteiger partial charge in [-0.1, -0.05) is 71.2 Å². The van der Waals surface area contributed by atoms with Gasteiger partial charge in [0.25, 0.3) is 5.56 Å². The first kappa shape index (κ1) is 32.6. The molecule has 0 amide bonds. The van der Waals surface area contributed by atoms with Gasteiger partial charge in [0, 0.05) is 42.1 Å². The number of rotatable bonds is 12. The van der Waals surface area contributed by atoms with Crippen molar-refractivity contribution >= 4 is 11.1 Å². The summed E-state index contributed by atoms with van der Waals surface area (Å²) in [6, 6.07) is 13.6. The van der Waals surface area contributed by atoms with Crippen LogP contribution in [0.15, 0.2) is 71.7 Å². The number of aliphatic hydroxyl groups is 1. The molecule has 216 valence electrons. The average Bonchev–Trinajstić information content (AvgIpc) is 2.94. The molecule has 5 nitrogen and oxygen atoms in total. The van der Waals surface area contributed by atoms with E-state index in [1.54, 1.807) is 19.1 Å². The Hall–Kier alpha value is -3.58. The van der Waals surface area contributed by atoms with Crippen LogP contribution in [-0.2, 0) is 0 Å². The van der Waals surface area contributed by atoms with E-state index in [9.17, 15) is 18.7 Å². The van der Waals surface area contributed by atoms with Crippen molar-refractivity contribution in [2.45, 2.75) is 66.7 Å². The Morgan fingerprint density at radius 2 is 1.73 bits per heavy atom. The molecule has 0 aliphatic heterocycles. The van der Waals surface area contributed by atoms with E-state index in [1.807, 2.05) is 32.0 Å². The summed E-state index contributed by atoms with van der Waals surface area (Å²) in [4.78, 5) is 12.7. The summed E-state index contributed by atoms with van der Waals surface area (Å²) in [5, 5.41) is 17.4. The van der Waals surface area contributed by atoms with Gasteiger partial charge in [0.15, 0.2) is 0 Å². The molecule has 1 heterocycles. The highest BCUT2D eigenvalue weighted by Gasteiger charge is 2.19. The van der Waals surface area contributed by atoms with Gasteiger partial charge >= 0.3 is 0 Å². The van der Waals surface area contributed by atoms with Crippen LogP contribution in [0.25, 0.3) is 16.8 Å². The van der Waals surface area contributed by atoms with Gasteiger partial charge < -0.3 is 10.4 Å². The van der Waals surface area contributed by atoms with Crippen LogP contribution in [0.3, 0.4) is 0 Å². The van der Waals surface area contributed by atoms with E-state index in [0.717, 1.165) is 18.1 Å². The number of benzene rings is 2. The van der Waals surface area contributed by atoms with Crippen LogP contribution in [0, 0.1) is 24.5 Å². The van der Waals surface area contributed by atoms with Crippen LogP contribution in [-0.4, -0.2) is 28.0 Å². The number of aromatic nitrogens is 2. The van der Waals surface area contributed by atoms with Crippen LogP contribution in [0.2, 0.25) is 0 Å². The number of hydrogen-bond acceptors (Lipinski definition) is 4. The molecule has 0 aliphatic carbocycles. The standard InChI is InChI=1S/C27H29F2N3O2.C6H14/c1-5-20(16-33)15-30-19(4)27(18(3)22-11-10-21(28)14-23(22)29)24-12-13-26(34)32(31-24)25-9-7-6-8-17(25)2;1-3-5-6-4-2/h6-14,20,30,33H,3,5,15-16H2,1-2,4H3;3-6H2,1-2H3/b27-19-;. The van der Waals surface area contributed by atoms with Crippen molar-refractivity contribution in [3.8, 4) is 5.69 Å². The van der Waals surface area contributed by atoms with E-state index < -0.39 is 11.6 Å². The minimum absolute atomic E-state index is 0.0239. The molecular weight excluding hydrogens is 508 g/mol. The molecule has 0 radical (unpaired) electrons. The molecule has 40 heavy (non-hydrogen) atoms. The lowest BCUT2D eigenvalue weighted by atomic mass is 9.94. The Labute approximate surface area is 237 Å². The van der Waals surface area contributed by atoms with Crippen molar-refractivity contribution in [1.29, 1.82) is 0 Å². The fourth-order valence-corrected chi connectivity index (χ4v) is 4.18. The second-order valence-electron chi connectivity index (χ2n) is 9.90. The molecule has 3 aromatic rings. The Bertz CT molecular complexity index is 1340. The maximum Gasteiger partial charge on any atom is 0.271 e. The van der Waals surface area contributed by atoms with Crippen molar-refractivity contribution in [3.05, 3.63) is 106 Å². The highest BCUT2D eigenvalue weighted by Crippen LogP contribution is 2.32. The normalized spacial score (nSPS) is 12.2. The molecule has 2 N–H and O–H groups in total. The van der Waals surface area contributed by atoms with Crippen LogP contribution >= 0.6 is 0 Å². The molecule has 3 rings (SSSR count). The summed E-state index contributed by atoms with van der Waals surface area (Å²) in [6.07, 6.45) is 6.31. The zero-order chi connectivity index (χ0) is 29.7. The summed E-state index contributed by atoms with van der Waals surface area (Å²) in [6.45, 7) is 14.7. The lowest BCUT2D eigenvalue weighted by molar-refractivity contribution is 0.221. The van der Waals surface area contributed by atoms with Gasteiger partial charge in [-0.15, -0.1) is 0 Å². The maximum absolute atomic E-state index is 14.7. The number of aliphatic hydroxyl groups excluding tert-OH is 1. The number of nitrogens with one attached hydrogen (secondary N) is 1. The second kappa shape index (κ2) is 16.5. The van der Waals surface area contributed by atoms with E-state index in [1.165, 1.54) is 48.6 Å². The molecule has 0 fully saturated rings.